The van der Waals surface area contributed by atoms with E-state index in [1.165, 1.54) is 0 Å². The van der Waals surface area contributed by atoms with Crippen molar-refractivity contribution in [2.24, 2.45) is 10.4 Å². The van der Waals surface area contributed by atoms with Gasteiger partial charge in [-0.3, -0.25) is 4.99 Å². The first-order valence-electron chi connectivity index (χ1n) is 14.6. The first-order chi connectivity index (χ1) is 19.7. The fourth-order valence-corrected chi connectivity index (χ4v) is 6.25. The van der Waals surface area contributed by atoms with Gasteiger partial charge in [0.2, 0.25) is 5.90 Å². The maximum absolute atomic E-state index is 13.6. The summed E-state index contributed by atoms with van der Waals surface area (Å²) in [5.74, 6) is 0.408. The fourth-order valence-electron chi connectivity index (χ4n) is 6.25. The zero-order valence-electron chi connectivity index (χ0n) is 24.6. The number of carbonyl (C=O) groups excluding carboxylic acids is 1. The van der Waals surface area contributed by atoms with Crippen LogP contribution in [0.5, 0.6) is 0 Å². The largest absolute Gasteiger partial charge is 0.475 e. The average Bonchev–Trinajstić information content (AvgIpc) is 3.54. The second-order valence-corrected chi connectivity index (χ2v) is 12.2. The summed E-state index contributed by atoms with van der Waals surface area (Å²) < 4.78 is 17.8. The van der Waals surface area contributed by atoms with Crippen molar-refractivity contribution in [3.8, 4) is 0 Å². The maximum atomic E-state index is 13.6. The van der Waals surface area contributed by atoms with Crippen LogP contribution in [-0.4, -0.2) is 61.7 Å². The molecule has 41 heavy (non-hydrogen) atoms. The van der Waals surface area contributed by atoms with Crippen molar-refractivity contribution >= 4 is 11.9 Å². The lowest BCUT2D eigenvalue weighted by atomic mass is 9.89. The molecule has 2 heterocycles. The van der Waals surface area contributed by atoms with Crippen molar-refractivity contribution in [2.45, 2.75) is 76.2 Å². The van der Waals surface area contributed by atoms with Crippen LogP contribution in [0.15, 0.2) is 76.9 Å². The van der Waals surface area contributed by atoms with E-state index in [0.29, 0.717) is 19.0 Å². The molecule has 5 rings (SSSR count). The summed E-state index contributed by atoms with van der Waals surface area (Å²) in [5, 5.41) is 16.7. The van der Waals surface area contributed by atoms with Gasteiger partial charge in [0, 0.05) is 48.9 Å². The smallest absolute Gasteiger partial charge is 0.319 e. The minimum Gasteiger partial charge on any atom is -0.475 e. The number of benzene rings is 2. The number of rotatable bonds is 9. The molecule has 1 spiro atoms. The molecular weight excluding hydrogens is 518 g/mol. The Bertz CT molecular complexity index is 1260. The van der Waals surface area contributed by atoms with E-state index in [9.17, 15) is 9.90 Å². The standard InChI is InChI=1S/C33H43N3O5/c1-22-28(26(23-11-7-5-8-12-23)15-17-34-30(22)40-21-32(2,3)38)36-31(37)35-27-20-33(27)19-25(16-18-39-4)41-29(33)24-13-9-6-10-14-24/h5-14,25-27,29,38H,15-21H2,1-4H3,(H2,35,36,37)/t25?,26?,27-,29+,33?/m1/s1. The highest BCUT2D eigenvalue weighted by atomic mass is 16.5. The molecule has 0 radical (unpaired) electrons. The van der Waals surface area contributed by atoms with Gasteiger partial charge in [0.25, 0.3) is 0 Å². The Balaban J connectivity index is 1.35. The highest BCUT2D eigenvalue weighted by Gasteiger charge is 2.65. The third kappa shape index (κ3) is 6.83. The molecule has 220 valence electrons. The van der Waals surface area contributed by atoms with Crippen LogP contribution in [-0.2, 0) is 14.2 Å². The Morgan fingerprint density at radius 1 is 1.10 bits per heavy atom. The van der Waals surface area contributed by atoms with Crippen LogP contribution in [0.3, 0.4) is 0 Å². The van der Waals surface area contributed by atoms with Crippen molar-refractivity contribution in [2.75, 3.05) is 26.9 Å². The molecular formula is C33H43N3O5. The molecule has 8 nitrogen and oxygen atoms in total. The van der Waals surface area contributed by atoms with Crippen LogP contribution < -0.4 is 10.6 Å². The van der Waals surface area contributed by atoms with Crippen molar-refractivity contribution < 1.29 is 24.1 Å². The predicted octanol–water partition coefficient (Wildman–Crippen LogP) is 5.26. The molecule has 5 atom stereocenters. The van der Waals surface area contributed by atoms with E-state index < -0.39 is 5.60 Å². The molecule has 2 fully saturated rings. The lowest BCUT2D eigenvalue weighted by Gasteiger charge is -2.24. The quantitative estimate of drug-likeness (QED) is 0.388. The number of aliphatic hydroxyl groups is 1. The highest BCUT2D eigenvalue weighted by molar-refractivity contribution is 5.95. The summed E-state index contributed by atoms with van der Waals surface area (Å²) in [5.41, 5.74) is 2.67. The van der Waals surface area contributed by atoms with Crippen molar-refractivity contribution in [3.63, 3.8) is 0 Å². The minimum absolute atomic E-state index is 0.00156. The molecule has 3 unspecified atom stereocenters. The SMILES string of the molecule is COCCC1CC2(C[C@H]2NC(=O)NC2=C(C)C(OCC(C)(C)O)=NCCC2c2ccccc2)[C@H](c2ccccc2)O1. The summed E-state index contributed by atoms with van der Waals surface area (Å²) in [6.07, 6.45) is 3.33. The van der Waals surface area contributed by atoms with E-state index in [1.54, 1.807) is 21.0 Å². The second kappa shape index (κ2) is 12.3. The Morgan fingerprint density at radius 3 is 2.44 bits per heavy atom. The van der Waals surface area contributed by atoms with Crippen LogP contribution in [0.4, 0.5) is 4.79 Å². The number of hydrogen-bond acceptors (Lipinski definition) is 6. The third-order valence-electron chi connectivity index (χ3n) is 8.39. The number of allylic oxidation sites excluding steroid dienone is 1. The van der Waals surface area contributed by atoms with Crippen LogP contribution in [0.2, 0.25) is 0 Å². The normalized spacial score (nSPS) is 27.8. The van der Waals surface area contributed by atoms with E-state index in [1.807, 2.05) is 43.3 Å². The van der Waals surface area contributed by atoms with Gasteiger partial charge in [-0.2, -0.15) is 0 Å². The fraction of sp³-hybridized carbons (Fsp3) is 0.515. The molecule has 1 saturated heterocycles. The minimum atomic E-state index is -1.00. The maximum Gasteiger partial charge on any atom is 0.319 e. The van der Waals surface area contributed by atoms with Gasteiger partial charge in [-0.05, 0) is 57.6 Å². The molecule has 3 aliphatic rings. The van der Waals surface area contributed by atoms with Gasteiger partial charge in [-0.15, -0.1) is 0 Å². The Morgan fingerprint density at radius 2 is 1.78 bits per heavy atom. The van der Waals surface area contributed by atoms with Gasteiger partial charge in [0.05, 0.1) is 17.8 Å². The van der Waals surface area contributed by atoms with E-state index in [4.69, 9.17) is 14.2 Å². The summed E-state index contributed by atoms with van der Waals surface area (Å²) in [7, 11) is 1.71. The highest BCUT2D eigenvalue weighted by Crippen LogP contribution is 2.64. The van der Waals surface area contributed by atoms with Gasteiger partial charge in [-0.1, -0.05) is 60.7 Å². The summed E-state index contributed by atoms with van der Waals surface area (Å²) in [6, 6.07) is 20.2. The summed E-state index contributed by atoms with van der Waals surface area (Å²) in [4.78, 5) is 18.3. The number of carbonyl (C=O) groups is 1. The van der Waals surface area contributed by atoms with Gasteiger partial charge >= 0.3 is 6.03 Å². The monoisotopic (exact) mass is 561 g/mol. The Hall–Kier alpha value is -3.20. The predicted molar refractivity (Wildman–Crippen MR) is 159 cm³/mol. The van der Waals surface area contributed by atoms with Gasteiger partial charge in [-0.25, -0.2) is 4.79 Å². The molecule has 2 aromatic rings. The second-order valence-electron chi connectivity index (χ2n) is 12.2. The third-order valence-corrected chi connectivity index (χ3v) is 8.39. The molecule has 2 amide bonds. The van der Waals surface area contributed by atoms with E-state index in [2.05, 4.69) is 39.9 Å². The first kappa shape index (κ1) is 29.3. The lowest BCUT2D eigenvalue weighted by Crippen LogP contribution is -2.40. The lowest BCUT2D eigenvalue weighted by molar-refractivity contribution is 0.0133. The number of hydrogen-bond donors (Lipinski definition) is 3. The number of aliphatic imine (C=N–C) groups is 1. The first-order valence-corrected chi connectivity index (χ1v) is 14.6. The zero-order valence-corrected chi connectivity index (χ0v) is 24.6. The van der Waals surface area contributed by atoms with Crippen LogP contribution in [0.25, 0.3) is 0 Å². The van der Waals surface area contributed by atoms with E-state index in [0.717, 1.165) is 48.1 Å². The number of nitrogens with zero attached hydrogens (tertiary/aromatic N) is 1. The Labute approximate surface area is 243 Å². The molecule has 3 N–H and O–H groups in total. The van der Waals surface area contributed by atoms with Crippen molar-refractivity contribution in [1.82, 2.24) is 10.6 Å². The number of amides is 2. The van der Waals surface area contributed by atoms with E-state index >= 15 is 0 Å². The van der Waals surface area contributed by atoms with Crippen LogP contribution in [0.1, 0.15) is 69.6 Å². The van der Waals surface area contributed by atoms with Gasteiger partial charge in [0.1, 0.15) is 6.61 Å². The van der Waals surface area contributed by atoms with E-state index in [-0.39, 0.29) is 42.2 Å². The van der Waals surface area contributed by atoms with Gasteiger partial charge in [0.15, 0.2) is 0 Å². The number of nitrogens with one attached hydrogen (secondary N) is 2. The van der Waals surface area contributed by atoms with Gasteiger partial charge < -0.3 is 30.0 Å². The molecule has 0 bridgehead atoms. The summed E-state index contributed by atoms with van der Waals surface area (Å²) in [6.45, 7) is 6.63. The molecule has 1 aliphatic carbocycles. The number of urea groups is 1. The molecule has 2 aliphatic heterocycles. The van der Waals surface area contributed by atoms with Crippen molar-refractivity contribution in [3.05, 3.63) is 83.1 Å². The molecule has 1 saturated carbocycles. The molecule has 8 heteroatoms. The topological polar surface area (TPSA) is 101 Å². The zero-order chi connectivity index (χ0) is 29.0. The molecule has 0 aromatic heterocycles. The number of ether oxygens (including phenoxy) is 3. The average molecular weight is 562 g/mol. The van der Waals surface area contributed by atoms with Crippen LogP contribution >= 0.6 is 0 Å². The van der Waals surface area contributed by atoms with Crippen molar-refractivity contribution in [1.29, 1.82) is 0 Å². The Kier molecular flexibility index (Phi) is 8.82. The molecule has 2 aromatic carbocycles. The summed E-state index contributed by atoms with van der Waals surface area (Å²) >= 11 is 0. The number of methoxy groups -OCH3 is 1. The van der Waals surface area contributed by atoms with Crippen LogP contribution in [0, 0.1) is 5.41 Å².